The number of primary amides is 1. The van der Waals surface area contributed by atoms with E-state index in [9.17, 15) is 18.8 Å². The van der Waals surface area contributed by atoms with Crippen LogP contribution in [0.15, 0.2) is 64.0 Å². The third kappa shape index (κ3) is 3.15. The monoisotopic (exact) mass is 466 g/mol. The molecule has 149 valence electrons. The number of carbonyl (C=O) groups is 1. The summed E-state index contributed by atoms with van der Waals surface area (Å²) in [6, 6.07) is 12.6. The molecule has 30 heavy (non-hydrogen) atoms. The molecule has 8 heteroatoms. The van der Waals surface area contributed by atoms with E-state index in [1.807, 2.05) is 6.29 Å². The second kappa shape index (κ2) is 7.72. The average molecular weight is 467 g/mol. The Hall–Kier alpha value is -3.52. The first kappa shape index (κ1) is 19.8. The molecular formula is C22H14BrFN3O3. The highest BCUT2D eigenvalue weighted by molar-refractivity contribution is 9.10. The Morgan fingerprint density at radius 3 is 2.60 bits per heavy atom. The highest BCUT2D eigenvalue weighted by Crippen LogP contribution is 2.38. The predicted octanol–water partition coefficient (Wildman–Crippen LogP) is 3.50. The lowest BCUT2D eigenvalue weighted by Gasteiger charge is -2.09. The third-order valence-electron chi connectivity index (χ3n) is 4.90. The molecule has 4 rings (SSSR count). The molecule has 6 nitrogen and oxygen atoms in total. The van der Waals surface area contributed by atoms with Gasteiger partial charge in [0, 0.05) is 32.7 Å². The topological polar surface area (TPSA) is 98.0 Å². The summed E-state index contributed by atoms with van der Waals surface area (Å²) >= 11 is 3.32. The number of rotatable bonds is 5. The SMILES string of the molecule is NC(=O)c1c(Br)ccc2c1c(-c1ccc[nH]c1=O)c([C]=O)n2Cc1ccccc1F. The summed E-state index contributed by atoms with van der Waals surface area (Å²) in [5.74, 6) is -1.18. The van der Waals surface area contributed by atoms with Crippen LogP contribution in [0.2, 0.25) is 0 Å². The van der Waals surface area contributed by atoms with E-state index in [0.29, 0.717) is 20.9 Å². The molecule has 0 atom stereocenters. The fourth-order valence-corrected chi connectivity index (χ4v) is 4.13. The summed E-state index contributed by atoms with van der Waals surface area (Å²) < 4.78 is 16.3. The lowest BCUT2D eigenvalue weighted by Crippen LogP contribution is -2.13. The highest BCUT2D eigenvalue weighted by atomic mass is 79.9. The number of benzene rings is 2. The van der Waals surface area contributed by atoms with Crippen LogP contribution in [0.3, 0.4) is 0 Å². The normalized spacial score (nSPS) is 11.0. The van der Waals surface area contributed by atoms with Crippen LogP contribution < -0.4 is 11.3 Å². The molecule has 2 aromatic carbocycles. The molecule has 1 amide bonds. The number of halogens is 2. The Morgan fingerprint density at radius 1 is 1.17 bits per heavy atom. The first-order chi connectivity index (χ1) is 14.4. The third-order valence-corrected chi connectivity index (χ3v) is 5.56. The van der Waals surface area contributed by atoms with Crippen molar-refractivity contribution >= 4 is 39.0 Å². The smallest absolute Gasteiger partial charge is 0.255 e. The van der Waals surface area contributed by atoms with Crippen LogP contribution >= 0.6 is 15.9 Å². The van der Waals surface area contributed by atoms with Crippen LogP contribution in [-0.2, 0) is 11.3 Å². The van der Waals surface area contributed by atoms with E-state index in [1.165, 1.54) is 22.9 Å². The van der Waals surface area contributed by atoms with Gasteiger partial charge in [-0.15, -0.1) is 0 Å². The maximum Gasteiger partial charge on any atom is 0.255 e. The molecule has 0 aliphatic rings. The summed E-state index contributed by atoms with van der Waals surface area (Å²) in [6.07, 6.45) is 3.33. The van der Waals surface area contributed by atoms with Crippen LogP contribution in [0.4, 0.5) is 4.39 Å². The molecule has 0 saturated carbocycles. The zero-order valence-electron chi connectivity index (χ0n) is 15.4. The van der Waals surface area contributed by atoms with Crippen LogP contribution in [0, 0.1) is 5.82 Å². The van der Waals surface area contributed by atoms with Gasteiger partial charge < -0.3 is 15.3 Å². The van der Waals surface area contributed by atoms with Crippen LogP contribution in [0.25, 0.3) is 22.0 Å². The maximum absolute atomic E-state index is 14.3. The number of nitrogens with zero attached hydrogens (tertiary/aromatic N) is 1. The van der Waals surface area contributed by atoms with Gasteiger partial charge in [-0.1, -0.05) is 18.2 Å². The van der Waals surface area contributed by atoms with Crippen molar-refractivity contribution < 1.29 is 14.0 Å². The summed E-state index contributed by atoms with van der Waals surface area (Å²) in [6.45, 7) is -0.00167. The minimum absolute atomic E-state index is 0.00167. The number of pyridine rings is 1. The first-order valence-corrected chi connectivity index (χ1v) is 9.67. The number of H-pyrrole nitrogens is 1. The van der Waals surface area contributed by atoms with E-state index < -0.39 is 17.3 Å². The largest absolute Gasteiger partial charge is 0.366 e. The maximum atomic E-state index is 14.3. The van der Waals surface area contributed by atoms with Gasteiger partial charge in [0.2, 0.25) is 0 Å². The van der Waals surface area contributed by atoms with E-state index in [1.54, 1.807) is 36.4 Å². The van der Waals surface area contributed by atoms with Gasteiger partial charge in [0.15, 0.2) is 0 Å². The van der Waals surface area contributed by atoms with Crippen molar-refractivity contribution in [3.63, 3.8) is 0 Å². The molecule has 2 aromatic heterocycles. The van der Waals surface area contributed by atoms with Crippen molar-refractivity contribution in [3.05, 3.63) is 92.2 Å². The zero-order chi connectivity index (χ0) is 21.4. The van der Waals surface area contributed by atoms with Crippen molar-refractivity contribution in [1.82, 2.24) is 9.55 Å². The molecule has 1 radical (unpaired) electrons. The van der Waals surface area contributed by atoms with Gasteiger partial charge >= 0.3 is 0 Å². The highest BCUT2D eigenvalue weighted by Gasteiger charge is 2.26. The van der Waals surface area contributed by atoms with E-state index in [2.05, 4.69) is 20.9 Å². The number of nitrogens with two attached hydrogens (primary N) is 1. The quantitative estimate of drug-likeness (QED) is 0.470. The Balaban J connectivity index is 2.16. The van der Waals surface area contributed by atoms with Crippen molar-refractivity contribution in [1.29, 1.82) is 0 Å². The molecule has 4 aromatic rings. The number of fused-ring (bicyclic) bond motifs is 1. The van der Waals surface area contributed by atoms with Crippen molar-refractivity contribution in [2.45, 2.75) is 6.54 Å². The standard InChI is InChI=1S/C22H14BrFN3O3/c23-14-7-8-16-20(19(14)21(25)29)18(13-5-3-9-26-22(13)30)17(11-28)27(16)10-12-4-1-2-6-15(12)24/h1-9H,10H2,(H2,25,29)(H,26,30). The lowest BCUT2D eigenvalue weighted by atomic mass is 9.99. The summed E-state index contributed by atoms with van der Waals surface area (Å²) in [4.78, 5) is 39.4. The number of nitrogens with one attached hydrogen (secondary N) is 1. The number of hydrogen-bond donors (Lipinski definition) is 2. The second-order valence-corrected chi connectivity index (χ2v) is 7.45. The number of aromatic nitrogens is 2. The molecule has 0 aliphatic carbocycles. The van der Waals surface area contributed by atoms with E-state index in [0.717, 1.165) is 0 Å². The molecule has 0 aliphatic heterocycles. The Morgan fingerprint density at radius 2 is 1.93 bits per heavy atom. The summed E-state index contributed by atoms with van der Waals surface area (Å²) in [7, 11) is 0. The van der Waals surface area contributed by atoms with Crippen molar-refractivity contribution in [2.75, 3.05) is 0 Å². The number of carbonyl (C=O) groups excluding carboxylic acids is 2. The molecule has 0 bridgehead atoms. The molecular weight excluding hydrogens is 453 g/mol. The molecule has 0 unspecified atom stereocenters. The van der Waals surface area contributed by atoms with Gasteiger partial charge in [0.1, 0.15) is 11.5 Å². The van der Waals surface area contributed by atoms with Gasteiger partial charge in [0.25, 0.3) is 17.8 Å². The molecule has 3 N–H and O–H groups in total. The van der Waals surface area contributed by atoms with Gasteiger partial charge in [-0.2, -0.15) is 0 Å². The van der Waals surface area contributed by atoms with Crippen LogP contribution in [-0.4, -0.2) is 21.7 Å². The summed E-state index contributed by atoms with van der Waals surface area (Å²) in [5.41, 5.74) is 6.49. The molecule has 0 saturated heterocycles. The van der Waals surface area contributed by atoms with E-state index >= 15 is 0 Å². The van der Waals surface area contributed by atoms with Crippen molar-refractivity contribution in [2.24, 2.45) is 5.73 Å². The Bertz CT molecular complexity index is 1370. The minimum atomic E-state index is -0.735. The van der Waals surface area contributed by atoms with Crippen LogP contribution in [0.5, 0.6) is 0 Å². The lowest BCUT2D eigenvalue weighted by molar-refractivity contribution is 0.100. The van der Waals surface area contributed by atoms with E-state index in [4.69, 9.17) is 5.73 Å². The Labute approximate surface area is 178 Å². The second-order valence-electron chi connectivity index (χ2n) is 6.60. The molecule has 0 fully saturated rings. The fourth-order valence-electron chi connectivity index (χ4n) is 3.61. The first-order valence-electron chi connectivity index (χ1n) is 8.88. The fraction of sp³-hybridized carbons (Fsp3) is 0.0455. The van der Waals surface area contributed by atoms with Crippen LogP contribution in [0.1, 0.15) is 21.6 Å². The van der Waals surface area contributed by atoms with Gasteiger partial charge in [-0.05, 0) is 46.3 Å². The van der Waals surface area contributed by atoms with Gasteiger partial charge in [-0.25, -0.2) is 4.39 Å². The number of hydrogen-bond acceptors (Lipinski definition) is 3. The van der Waals surface area contributed by atoms with Gasteiger partial charge in [-0.3, -0.25) is 14.4 Å². The summed E-state index contributed by atoms with van der Waals surface area (Å²) in [5, 5.41) is 0.322. The zero-order valence-corrected chi connectivity index (χ0v) is 17.0. The average Bonchev–Trinajstić information content (AvgIpc) is 3.02. The number of aromatic amines is 1. The van der Waals surface area contributed by atoms with Crippen molar-refractivity contribution in [3.8, 4) is 11.1 Å². The van der Waals surface area contributed by atoms with E-state index in [-0.39, 0.29) is 28.9 Å². The Kier molecular flexibility index (Phi) is 5.09. The minimum Gasteiger partial charge on any atom is -0.366 e. The molecule has 0 spiro atoms. The van der Waals surface area contributed by atoms with Gasteiger partial charge in [0.05, 0.1) is 17.6 Å². The number of amides is 1. The predicted molar refractivity (Wildman–Crippen MR) is 115 cm³/mol. The molecule has 2 heterocycles.